The van der Waals surface area contributed by atoms with Crippen LogP contribution in [0.2, 0.25) is 0 Å². The zero-order chi connectivity index (χ0) is 10.3. The van der Waals surface area contributed by atoms with E-state index in [1.807, 2.05) is 0 Å². The first-order valence-electron chi connectivity index (χ1n) is 3.78. The Kier molecular flexibility index (Phi) is 2.61. The maximum atomic E-state index is 12.7. The molecule has 5 heteroatoms. The van der Waals surface area contributed by atoms with E-state index in [9.17, 15) is 13.9 Å². The highest BCUT2D eigenvalue weighted by Crippen LogP contribution is 2.39. The molecule has 1 aromatic carbocycles. The quantitative estimate of drug-likeness (QED) is 0.781. The summed E-state index contributed by atoms with van der Waals surface area (Å²) in [5.74, 6) is -0.0733. The zero-order valence-corrected chi connectivity index (χ0v) is 9.77. The molecule has 0 saturated heterocycles. The Morgan fingerprint density at radius 2 is 2.14 bits per heavy atom. The average Bonchev–Trinajstić information content (AvgIpc) is 2.52. The normalized spacial score (nSPS) is 11.4. The van der Waals surface area contributed by atoms with Gasteiger partial charge in [-0.1, -0.05) is 0 Å². The van der Waals surface area contributed by atoms with Crippen molar-refractivity contribution in [1.82, 2.24) is 0 Å². The Morgan fingerprint density at radius 1 is 1.43 bits per heavy atom. The molecule has 0 radical (unpaired) electrons. The van der Waals surface area contributed by atoms with Crippen molar-refractivity contribution in [1.29, 1.82) is 0 Å². The maximum Gasteiger partial charge on any atom is 0.265 e. The van der Waals surface area contributed by atoms with Crippen LogP contribution in [0, 0.1) is 3.57 Å². The summed E-state index contributed by atoms with van der Waals surface area (Å²) >= 11 is 3.09. The van der Waals surface area contributed by atoms with Crippen molar-refractivity contribution in [3.8, 4) is 5.75 Å². The molecule has 2 rings (SSSR count). The molecule has 1 aromatic heterocycles. The summed E-state index contributed by atoms with van der Waals surface area (Å²) in [6.07, 6.45) is -2.55. The summed E-state index contributed by atoms with van der Waals surface area (Å²) in [5.41, 5.74) is -0.0677. The minimum Gasteiger partial charge on any atom is -0.507 e. The number of phenols is 1. The van der Waals surface area contributed by atoms with E-state index in [1.54, 1.807) is 34.0 Å². The third kappa shape index (κ3) is 1.48. The second-order valence-corrected chi connectivity index (χ2v) is 4.78. The predicted molar refractivity (Wildman–Crippen MR) is 61.2 cm³/mol. The molecule has 1 heterocycles. The van der Waals surface area contributed by atoms with Gasteiger partial charge in [0.1, 0.15) is 5.75 Å². The Balaban J connectivity index is 2.86. The predicted octanol–water partition coefficient (Wildman–Crippen LogP) is 4.15. The van der Waals surface area contributed by atoms with E-state index in [2.05, 4.69) is 0 Å². The lowest BCUT2D eigenvalue weighted by Crippen LogP contribution is -1.90. The number of alkyl halides is 2. The summed E-state index contributed by atoms with van der Waals surface area (Å²) in [4.78, 5) is 0. The van der Waals surface area contributed by atoms with Gasteiger partial charge in [-0.3, -0.25) is 0 Å². The highest BCUT2D eigenvalue weighted by molar-refractivity contribution is 14.1. The first kappa shape index (κ1) is 10.1. The standard InChI is InChI=1S/C9H5F2IOS/c10-9(11)7-4-1-2-14-6(4)3-5(13)8(7)12/h1-3,9,13H. The van der Waals surface area contributed by atoms with Crippen molar-refractivity contribution in [2.45, 2.75) is 6.43 Å². The first-order chi connectivity index (χ1) is 6.61. The van der Waals surface area contributed by atoms with Gasteiger partial charge in [0.2, 0.25) is 0 Å². The Labute approximate surface area is 96.5 Å². The minimum atomic E-state index is -2.55. The van der Waals surface area contributed by atoms with Gasteiger partial charge in [-0.15, -0.1) is 11.3 Å². The maximum absolute atomic E-state index is 12.7. The van der Waals surface area contributed by atoms with Crippen LogP contribution in [0.15, 0.2) is 17.5 Å². The molecule has 0 aliphatic rings. The molecule has 0 atom stereocenters. The molecule has 0 amide bonds. The SMILES string of the molecule is Oc1cc2sccc2c(C(F)F)c1I. The molecule has 0 spiro atoms. The highest BCUT2D eigenvalue weighted by Gasteiger charge is 2.19. The van der Waals surface area contributed by atoms with Crippen LogP contribution < -0.4 is 0 Å². The van der Waals surface area contributed by atoms with Gasteiger partial charge in [-0.2, -0.15) is 0 Å². The van der Waals surface area contributed by atoms with E-state index in [1.165, 1.54) is 17.4 Å². The lowest BCUT2D eigenvalue weighted by molar-refractivity contribution is 0.152. The van der Waals surface area contributed by atoms with E-state index < -0.39 is 6.43 Å². The molecule has 0 aliphatic heterocycles. The smallest absolute Gasteiger partial charge is 0.265 e. The molecule has 0 bridgehead atoms. The van der Waals surface area contributed by atoms with E-state index in [4.69, 9.17) is 0 Å². The molecule has 14 heavy (non-hydrogen) atoms. The lowest BCUT2D eigenvalue weighted by Gasteiger charge is -2.06. The van der Waals surface area contributed by atoms with E-state index in [0.717, 1.165) is 0 Å². The van der Waals surface area contributed by atoms with Crippen LogP contribution in [-0.2, 0) is 0 Å². The van der Waals surface area contributed by atoms with Gasteiger partial charge >= 0.3 is 0 Å². The number of halogens is 3. The average molecular weight is 326 g/mol. The second-order valence-electron chi connectivity index (χ2n) is 2.76. The number of thiophene rings is 1. The highest BCUT2D eigenvalue weighted by atomic mass is 127. The van der Waals surface area contributed by atoms with Crippen LogP contribution in [0.25, 0.3) is 10.1 Å². The molecule has 0 saturated carbocycles. The van der Waals surface area contributed by atoms with Crippen LogP contribution in [-0.4, -0.2) is 5.11 Å². The fourth-order valence-electron chi connectivity index (χ4n) is 1.31. The molecule has 2 aromatic rings. The third-order valence-electron chi connectivity index (χ3n) is 1.93. The number of phenolic OH excluding ortho intramolecular Hbond substituents is 1. The lowest BCUT2D eigenvalue weighted by atomic mass is 10.1. The molecular weight excluding hydrogens is 321 g/mol. The monoisotopic (exact) mass is 326 g/mol. The number of fused-ring (bicyclic) bond motifs is 1. The molecule has 0 fully saturated rings. The van der Waals surface area contributed by atoms with Crippen molar-refractivity contribution in [2.24, 2.45) is 0 Å². The Bertz CT molecular complexity index is 481. The third-order valence-corrected chi connectivity index (χ3v) is 3.93. The number of hydrogen-bond donors (Lipinski definition) is 1. The van der Waals surface area contributed by atoms with Gasteiger partial charge in [-0.05, 0) is 40.1 Å². The Morgan fingerprint density at radius 3 is 2.79 bits per heavy atom. The van der Waals surface area contributed by atoms with E-state index in [0.29, 0.717) is 10.1 Å². The van der Waals surface area contributed by atoms with Crippen molar-refractivity contribution in [3.05, 3.63) is 26.6 Å². The minimum absolute atomic E-state index is 0.0677. The fourth-order valence-corrected chi connectivity index (χ4v) is 2.83. The zero-order valence-electron chi connectivity index (χ0n) is 6.80. The van der Waals surface area contributed by atoms with Crippen molar-refractivity contribution in [2.75, 3.05) is 0 Å². The molecule has 0 unspecified atom stereocenters. The van der Waals surface area contributed by atoms with Gasteiger partial charge < -0.3 is 5.11 Å². The van der Waals surface area contributed by atoms with Crippen LogP contribution >= 0.6 is 33.9 Å². The summed E-state index contributed by atoms with van der Waals surface area (Å²) < 4.78 is 26.3. The number of benzene rings is 1. The van der Waals surface area contributed by atoms with Crippen LogP contribution in [0.4, 0.5) is 8.78 Å². The molecule has 1 nitrogen and oxygen atoms in total. The number of aromatic hydroxyl groups is 1. The van der Waals surface area contributed by atoms with Gasteiger partial charge in [0, 0.05) is 15.6 Å². The van der Waals surface area contributed by atoms with Crippen molar-refractivity contribution >= 4 is 44.0 Å². The Hall–Kier alpha value is -0.430. The van der Waals surface area contributed by atoms with Gasteiger partial charge in [0.15, 0.2) is 0 Å². The first-order valence-corrected chi connectivity index (χ1v) is 5.74. The van der Waals surface area contributed by atoms with Gasteiger partial charge in [0.05, 0.1) is 3.57 Å². The molecule has 74 valence electrons. The molecule has 0 aliphatic carbocycles. The summed E-state index contributed by atoms with van der Waals surface area (Å²) in [7, 11) is 0. The van der Waals surface area contributed by atoms with Crippen LogP contribution in [0.3, 0.4) is 0 Å². The summed E-state index contributed by atoms with van der Waals surface area (Å²) in [5, 5.41) is 11.7. The van der Waals surface area contributed by atoms with Crippen LogP contribution in [0.5, 0.6) is 5.75 Å². The van der Waals surface area contributed by atoms with E-state index in [-0.39, 0.29) is 14.9 Å². The molecular formula is C9H5F2IOS. The van der Waals surface area contributed by atoms with Gasteiger partial charge in [-0.25, -0.2) is 8.78 Å². The topological polar surface area (TPSA) is 20.2 Å². The molecule has 1 N–H and O–H groups in total. The van der Waals surface area contributed by atoms with Crippen molar-refractivity contribution in [3.63, 3.8) is 0 Å². The van der Waals surface area contributed by atoms with Gasteiger partial charge in [0.25, 0.3) is 6.43 Å². The van der Waals surface area contributed by atoms with E-state index >= 15 is 0 Å². The summed E-state index contributed by atoms with van der Waals surface area (Å²) in [6.45, 7) is 0. The second kappa shape index (κ2) is 3.62. The fraction of sp³-hybridized carbons (Fsp3) is 0.111. The largest absolute Gasteiger partial charge is 0.507 e. The van der Waals surface area contributed by atoms with Crippen LogP contribution in [0.1, 0.15) is 12.0 Å². The van der Waals surface area contributed by atoms with Crippen molar-refractivity contribution < 1.29 is 13.9 Å². The number of hydrogen-bond acceptors (Lipinski definition) is 2. The number of rotatable bonds is 1. The summed E-state index contributed by atoms with van der Waals surface area (Å²) in [6, 6.07) is 3.18.